The molecular formula is C11H14ClN3O. The van der Waals surface area contributed by atoms with Gasteiger partial charge in [0.2, 0.25) is 0 Å². The number of aromatic nitrogens is 2. The molecule has 0 aromatic carbocycles. The van der Waals surface area contributed by atoms with Crippen molar-refractivity contribution in [2.45, 2.75) is 25.9 Å². The second-order valence-electron chi connectivity index (χ2n) is 3.58. The summed E-state index contributed by atoms with van der Waals surface area (Å²) in [4.78, 5) is 4.27. The fourth-order valence-electron chi connectivity index (χ4n) is 1.64. The molecule has 0 aliphatic rings. The first-order chi connectivity index (χ1) is 7.70. The zero-order chi connectivity index (χ0) is 11.5. The first-order valence-electron chi connectivity index (χ1n) is 5.21. The lowest BCUT2D eigenvalue weighted by Gasteiger charge is -2.09. The van der Waals surface area contributed by atoms with E-state index in [1.165, 1.54) is 0 Å². The third kappa shape index (κ3) is 2.28. The van der Waals surface area contributed by atoms with Gasteiger partial charge in [-0.05, 0) is 30.7 Å². The third-order valence-electron chi connectivity index (χ3n) is 2.50. The molecule has 0 bridgehead atoms. The number of aryl methyl sites for hydroxylation is 1. The van der Waals surface area contributed by atoms with Crippen molar-refractivity contribution in [2.75, 3.05) is 0 Å². The maximum atomic E-state index is 6.02. The molecule has 2 heterocycles. The molecule has 2 rings (SSSR count). The molecule has 0 saturated heterocycles. The predicted octanol–water partition coefficient (Wildman–Crippen LogP) is 2.39. The van der Waals surface area contributed by atoms with Crippen LogP contribution in [0.15, 0.2) is 28.9 Å². The van der Waals surface area contributed by atoms with Gasteiger partial charge >= 0.3 is 0 Å². The van der Waals surface area contributed by atoms with E-state index in [1.807, 2.05) is 6.20 Å². The van der Waals surface area contributed by atoms with Crippen molar-refractivity contribution in [1.29, 1.82) is 0 Å². The number of hydrogen-bond acceptors (Lipinski definition) is 3. The van der Waals surface area contributed by atoms with E-state index in [-0.39, 0.29) is 6.04 Å². The Morgan fingerprint density at radius 2 is 2.38 bits per heavy atom. The summed E-state index contributed by atoms with van der Waals surface area (Å²) in [5.74, 6) is 1.65. The summed E-state index contributed by atoms with van der Waals surface area (Å²) in [6.07, 6.45) is 4.36. The van der Waals surface area contributed by atoms with Crippen molar-refractivity contribution in [1.82, 2.24) is 9.55 Å². The second-order valence-corrected chi connectivity index (χ2v) is 3.95. The van der Waals surface area contributed by atoms with Crippen molar-refractivity contribution < 1.29 is 4.42 Å². The molecule has 0 fully saturated rings. The number of imidazole rings is 1. The normalized spacial score (nSPS) is 12.9. The van der Waals surface area contributed by atoms with Crippen LogP contribution in [0.3, 0.4) is 0 Å². The standard InChI is InChI=1S/C11H14ClN3O/c1-2-15-6-5-14-11(15)7-8(13)9-3-4-10(12)16-9/h3-6,8H,2,7,13H2,1H3. The average Bonchev–Trinajstić information content (AvgIpc) is 2.86. The van der Waals surface area contributed by atoms with Gasteiger partial charge in [0.15, 0.2) is 5.22 Å². The lowest BCUT2D eigenvalue weighted by molar-refractivity contribution is 0.458. The first-order valence-corrected chi connectivity index (χ1v) is 5.59. The van der Waals surface area contributed by atoms with E-state index in [0.29, 0.717) is 17.4 Å². The van der Waals surface area contributed by atoms with E-state index in [4.69, 9.17) is 21.8 Å². The van der Waals surface area contributed by atoms with Crippen LogP contribution < -0.4 is 5.73 Å². The number of halogens is 1. The van der Waals surface area contributed by atoms with Gasteiger partial charge in [0, 0.05) is 25.4 Å². The summed E-state index contributed by atoms with van der Waals surface area (Å²) in [7, 11) is 0. The molecule has 16 heavy (non-hydrogen) atoms. The third-order valence-corrected chi connectivity index (χ3v) is 2.71. The molecule has 4 nitrogen and oxygen atoms in total. The molecule has 0 radical (unpaired) electrons. The maximum Gasteiger partial charge on any atom is 0.193 e. The number of furan rings is 1. The molecule has 2 N–H and O–H groups in total. The first kappa shape index (κ1) is 11.2. The highest BCUT2D eigenvalue weighted by Crippen LogP contribution is 2.20. The van der Waals surface area contributed by atoms with Crippen molar-refractivity contribution in [3.63, 3.8) is 0 Å². The Kier molecular flexibility index (Phi) is 3.31. The zero-order valence-corrected chi connectivity index (χ0v) is 9.81. The van der Waals surface area contributed by atoms with Crippen molar-refractivity contribution in [3.05, 3.63) is 41.3 Å². The zero-order valence-electron chi connectivity index (χ0n) is 9.06. The second kappa shape index (κ2) is 4.72. The van der Waals surface area contributed by atoms with Crippen molar-refractivity contribution >= 4 is 11.6 Å². The molecule has 0 amide bonds. The number of nitrogens with zero attached hydrogens (tertiary/aromatic N) is 2. The molecule has 0 spiro atoms. The van der Waals surface area contributed by atoms with E-state index < -0.39 is 0 Å². The molecule has 5 heteroatoms. The van der Waals surface area contributed by atoms with Crippen LogP contribution in [0.2, 0.25) is 5.22 Å². The Morgan fingerprint density at radius 3 is 3.00 bits per heavy atom. The number of nitrogens with two attached hydrogens (primary N) is 1. The Morgan fingerprint density at radius 1 is 1.56 bits per heavy atom. The van der Waals surface area contributed by atoms with E-state index in [0.717, 1.165) is 12.4 Å². The lowest BCUT2D eigenvalue weighted by atomic mass is 10.1. The van der Waals surface area contributed by atoms with Crippen LogP contribution in [-0.2, 0) is 13.0 Å². The Bertz CT molecular complexity index is 463. The topological polar surface area (TPSA) is 57.0 Å². The fraction of sp³-hybridized carbons (Fsp3) is 0.364. The Hall–Kier alpha value is -1.26. The van der Waals surface area contributed by atoms with E-state index >= 15 is 0 Å². The predicted molar refractivity (Wildman–Crippen MR) is 62.3 cm³/mol. The monoisotopic (exact) mass is 239 g/mol. The summed E-state index contributed by atoms with van der Waals surface area (Å²) in [6, 6.07) is 3.29. The lowest BCUT2D eigenvalue weighted by Crippen LogP contribution is -2.15. The summed E-state index contributed by atoms with van der Waals surface area (Å²) in [5, 5.41) is 0.365. The molecule has 86 valence electrons. The smallest absolute Gasteiger partial charge is 0.193 e. The van der Waals surface area contributed by atoms with Gasteiger partial charge in [-0.25, -0.2) is 4.98 Å². The van der Waals surface area contributed by atoms with E-state index in [1.54, 1.807) is 18.3 Å². The van der Waals surface area contributed by atoms with Gasteiger partial charge in [0.25, 0.3) is 0 Å². The van der Waals surface area contributed by atoms with Crippen LogP contribution in [0.25, 0.3) is 0 Å². The number of hydrogen-bond donors (Lipinski definition) is 1. The minimum atomic E-state index is -0.208. The van der Waals surface area contributed by atoms with Crippen LogP contribution in [-0.4, -0.2) is 9.55 Å². The molecule has 1 atom stereocenters. The highest BCUT2D eigenvalue weighted by atomic mass is 35.5. The van der Waals surface area contributed by atoms with Crippen LogP contribution in [0.5, 0.6) is 0 Å². The average molecular weight is 240 g/mol. The summed E-state index contributed by atoms with van der Waals surface area (Å²) in [6.45, 7) is 2.96. The molecule has 2 aromatic heterocycles. The maximum absolute atomic E-state index is 6.02. The van der Waals surface area contributed by atoms with Crippen LogP contribution >= 0.6 is 11.6 Å². The molecule has 0 saturated carbocycles. The highest BCUT2D eigenvalue weighted by Gasteiger charge is 2.14. The largest absolute Gasteiger partial charge is 0.448 e. The van der Waals surface area contributed by atoms with Crippen molar-refractivity contribution in [2.24, 2.45) is 5.73 Å². The SMILES string of the molecule is CCn1ccnc1CC(N)c1ccc(Cl)o1. The Balaban J connectivity index is 2.10. The van der Waals surface area contributed by atoms with Gasteiger partial charge in [-0.3, -0.25) is 0 Å². The van der Waals surface area contributed by atoms with Gasteiger partial charge in [0.05, 0.1) is 6.04 Å². The van der Waals surface area contributed by atoms with E-state index in [2.05, 4.69) is 16.5 Å². The highest BCUT2D eigenvalue weighted by molar-refractivity contribution is 6.28. The molecule has 2 aromatic rings. The fourth-order valence-corrected chi connectivity index (χ4v) is 1.79. The minimum absolute atomic E-state index is 0.208. The van der Waals surface area contributed by atoms with Crippen LogP contribution in [0.1, 0.15) is 24.6 Å². The van der Waals surface area contributed by atoms with Crippen molar-refractivity contribution in [3.8, 4) is 0 Å². The van der Waals surface area contributed by atoms with Crippen LogP contribution in [0, 0.1) is 0 Å². The summed E-state index contributed by atoms with van der Waals surface area (Å²) >= 11 is 5.70. The van der Waals surface area contributed by atoms with Gasteiger partial charge in [0.1, 0.15) is 11.6 Å². The van der Waals surface area contributed by atoms with Gasteiger partial charge in [-0.2, -0.15) is 0 Å². The molecular weight excluding hydrogens is 226 g/mol. The quantitative estimate of drug-likeness (QED) is 0.891. The van der Waals surface area contributed by atoms with Gasteiger partial charge < -0.3 is 14.7 Å². The Labute approximate surface area is 99.0 Å². The molecule has 1 unspecified atom stereocenters. The van der Waals surface area contributed by atoms with Gasteiger partial charge in [-0.15, -0.1) is 0 Å². The summed E-state index contributed by atoms with van der Waals surface area (Å²) < 4.78 is 7.33. The van der Waals surface area contributed by atoms with E-state index in [9.17, 15) is 0 Å². The minimum Gasteiger partial charge on any atom is -0.448 e. The summed E-state index contributed by atoms with van der Waals surface area (Å²) in [5.41, 5.74) is 6.02. The molecule has 0 aliphatic heterocycles. The van der Waals surface area contributed by atoms with Gasteiger partial charge in [-0.1, -0.05) is 0 Å². The number of rotatable bonds is 4. The molecule has 0 aliphatic carbocycles. The van der Waals surface area contributed by atoms with Crippen LogP contribution in [0.4, 0.5) is 0 Å².